The summed E-state index contributed by atoms with van der Waals surface area (Å²) < 4.78 is 27.8. The molecule has 0 amide bonds. The van der Waals surface area contributed by atoms with E-state index in [2.05, 4.69) is 15.0 Å². The van der Waals surface area contributed by atoms with Gasteiger partial charge in [-0.2, -0.15) is 0 Å². The van der Waals surface area contributed by atoms with Gasteiger partial charge in [-0.25, -0.2) is 18.1 Å². The van der Waals surface area contributed by atoms with Crippen molar-refractivity contribution in [1.29, 1.82) is 0 Å². The van der Waals surface area contributed by atoms with Crippen molar-refractivity contribution < 1.29 is 8.42 Å². The minimum Gasteiger partial charge on any atom is -0.384 e. The molecule has 0 aliphatic carbocycles. The quantitative estimate of drug-likeness (QED) is 0.856. The molecule has 0 radical (unpaired) electrons. The summed E-state index contributed by atoms with van der Waals surface area (Å²) in [5.41, 5.74) is 0.606. The number of para-hydroxylation sites is 1. The van der Waals surface area contributed by atoms with Gasteiger partial charge in [-0.3, -0.25) is 0 Å². The Bertz CT molecular complexity index is 711. The van der Waals surface area contributed by atoms with Crippen molar-refractivity contribution in [2.75, 3.05) is 11.9 Å². The van der Waals surface area contributed by atoms with Crippen LogP contribution >= 0.6 is 11.3 Å². The zero-order chi connectivity index (χ0) is 15.5. The van der Waals surface area contributed by atoms with Crippen molar-refractivity contribution in [3.05, 3.63) is 40.3 Å². The average molecular weight is 325 g/mol. The Balaban J connectivity index is 2.26. The van der Waals surface area contributed by atoms with E-state index in [0.717, 1.165) is 9.88 Å². The molecular weight excluding hydrogens is 306 g/mol. The van der Waals surface area contributed by atoms with Crippen molar-refractivity contribution in [3.63, 3.8) is 0 Å². The molecule has 1 unspecified atom stereocenters. The number of benzene rings is 1. The van der Waals surface area contributed by atoms with E-state index >= 15 is 0 Å². The molecule has 0 bridgehead atoms. The maximum absolute atomic E-state index is 12.5. The van der Waals surface area contributed by atoms with Crippen LogP contribution in [0.25, 0.3) is 0 Å². The highest BCUT2D eigenvalue weighted by molar-refractivity contribution is 7.89. The molecule has 1 aromatic heterocycles. The summed E-state index contributed by atoms with van der Waals surface area (Å²) in [7, 11) is -3.60. The summed E-state index contributed by atoms with van der Waals surface area (Å²) in [5, 5.41) is 3.83. The van der Waals surface area contributed by atoms with Crippen molar-refractivity contribution >= 4 is 27.0 Å². The second kappa shape index (κ2) is 6.55. The SMILES string of the molecule is CCNc1ccccc1S(=O)(=O)NC(C)c1ncc(C)s1. The topological polar surface area (TPSA) is 71.1 Å². The molecular formula is C14H19N3O2S2. The third-order valence-electron chi connectivity index (χ3n) is 2.89. The molecule has 0 spiro atoms. The second-order valence-corrected chi connectivity index (χ2v) is 7.63. The Morgan fingerprint density at radius 3 is 2.67 bits per heavy atom. The van der Waals surface area contributed by atoms with Gasteiger partial charge < -0.3 is 5.32 Å². The van der Waals surface area contributed by atoms with Crippen LogP contribution in [0.3, 0.4) is 0 Å². The van der Waals surface area contributed by atoms with Gasteiger partial charge in [0.15, 0.2) is 0 Å². The van der Waals surface area contributed by atoms with Gasteiger partial charge in [-0.15, -0.1) is 11.3 Å². The lowest BCUT2D eigenvalue weighted by Gasteiger charge is -2.15. The van der Waals surface area contributed by atoms with E-state index in [9.17, 15) is 8.42 Å². The molecule has 0 aliphatic heterocycles. The predicted molar refractivity (Wildman–Crippen MR) is 86.2 cm³/mol. The van der Waals surface area contributed by atoms with Gasteiger partial charge in [0.05, 0.1) is 11.7 Å². The van der Waals surface area contributed by atoms with Crippen molar-refractivity contribution in [1.82, 2.24) is 9.71 Å². The van der Waals surface area contributed by atoms with E-state index < -0.39 is 10.0 Å². The number of rotatable bonds is 6. The van der Waals surface area contributed by atoms with Gasteiger partial charge in [0, 0.05) is 17.6 Å². The summed E-state index contributed by atoms with van der Waals surface area (Å²) in [5.74, 6) is 0. The minimum atomic E-state index is -3.60. The molecule has 1 atom stereocenters. The molecule has 1 heterocycles. The first-order chi connectivity index (χ1) is 9.94. The van der Waals surface area contributed by atoms with Crippen LogP contribution in [0, 0.1) is 6.92 Å². The summed E-state index contributed by atoms with van der Waals surface area (Å²) in [6, 6.07) is 6.53. The summed E-state index contributed by atoms with van der Waals surface area (Å²) in [4.78, 5) is 5.54. The van der Waals surface area contributed by atoms with Crippen LogP contribution < -0.4 is 10.0 Å². The molecule has 0 saturated carbocycles. The van der Waals surface area contributed by atoms with Crippen LogP contribution in [0.4, 0.5) is 5.69 Å². The zero-order valence-corrected chi connectivity index (χ0v) is 13.9. The standard InChI is InChI=1S/C14H19N3O2S2/c1-4-15-12-7-5-6-8-13(12)21(18,19)17-11(3)14-16-9-10(2)20-14/h5-9,11,15,17H,4H2,1-3H3. The van der Waals surface area contributed by atoms with Crippen LogP contribution in [0.5, 0.6) is 0 Å². The molecule has 1 aromatic carbocycles. The highest BCUT2D eigenvalue weighted by Crippen LogP contribution is 2.24. The Hall–Kier alpha value is -1.44. The highest BCUT2D eigenvalue weighted by atomic mass is 32.2. The zero-order valence-electron chi connectivity index (χ0n) is 12.3. The number of sulfonamides is 1. The fraction of sp³-hybridized carbons (Fsp3) is 0.357. The van der Waals surface area contributed by atoms with Gasteiger partial charge in [0.2, 0.25) is 10.0 Å². The van der Waals surface area contributed by atoms with Crippen molar-refractivity contribution in [2.24, 2.45) is 0 Å². The molecule has 21 heavy (non-hydrogen) atoms. The number of anilines is 1. The number of hydrogen-bond donors (Lipinski definition) is 2. The number of aryl methyl sites for hydroxylation is 1. The van der Waals surface area contributed by atoms with Crippen LogP contribution in [0.15, 0.2) is 35.4 Å². The number of nitrogens with one attached hydrogen (secondary N) is 2. The fourth-order valence-corrected chi connectivity index (χ4v) is 4.20. The maximum Gasteiger partial charge on any atom is 0.243 e. The Kier molecular flexibility index (Phi) is 4.97. The second-order valence-electron chi connectivity index (χ2n) is 4.68. The maximum atomic E-state index is 12.5. The van der Waals surface area contributed by atoms with Gasteiger partial charge in [-0.1, -0.05) is 12.1 Å². The third-order valence-corrected chi connectivity index (χ3v) is 5.58. The first-order valence-electron chi connectivity index (χ1n) is 6.71. The van der Waals surface area contributed by atoms with Crippen molar-refractivity contribution in [3.8, 4) is 0 Å². The molecule has 0 aliphatic rings. The fourth-order valence-electron chi connectivity index (χ4n) is 1.96. The molecule has 2 aromatic rings. The summed E-state index contributed by atoms with van der Waals surface area (Å²) in [6.45, 7) is 6.33. The molecule has 0 saturated heterocycles. The van der Waals surface area contributed by atoms with E-state index in [1.54, 1.807) is 31.3 Å². The summed E-state index contributed by atoms with van der Waals surface area (Å²) in [6.07, 6.45) is 1.75. The van der Waals surface area contributed by atoms with Gasteiger partial charge in [0.25, 0.3) is 0 Å². The molecule has 0 fully saturated rings. The first kappa shape index (κ1) is 15.9. The van der Waals surface area contributed by atoms with E-state index in [1.807, 2.05) is 19.9 Å². The Morgan fingerprint density at radius 1 is 1.33 bits per heavy atom. The third kappa shape index (κ3) is 3.81. The van der Waals surface area contributed by atoms with Gasteiger partial charge in [-0.05, 0) is 32.9 Å². The van der Waals surface area contributed by atoms with E-state index in [0.29, 0.717) is 12.2 Å². The first-order valence-corrected chi connectivity index (χ1v) is 9.01. The smallest absolute Gasteiger partial charge is 0.243 e. The van der Waals surface area contributed by atoms with Crippen molar-refractivity contribution in [2.45, 2.75) is 31.7 Å². The van der Waals surface area contributed by atoms with Gasteiger partial charge >= 0.3 is 0 Å². The number of nitrogens with zero attached hydrogens (tertiary/aromatic N) is 1. The summed E-state index contributed by atoms with van der Waals surface area (Å²) >= 11 is 1.49. The average Bonchev–Trinajstić information content (AvgIpc) is 2.86. The minimum absolute atomic E-state index is 0.256. The monoisotopic (exact) mass is 325 g/mol. The van der Waals surface area contributed by atoms with E-state index in [-0.39, 0.29) is 10.9 Å². The van der Waals surface area contributed by atoms with Crippen LogP contribution in [-0.2, 0) is 10.0 Å². The number of thiazole rings is 1. The largest absolute Gasteiger partial charge is 0.384 e. The lowest BCUT2D eigenvalue weighted by atomic mass is 10.3. The Morgan fingerprint density at radius 2 is 2.05 bits per heavy atom. The normalized spacial score (nSPS) is 13.1. The van der Waals surface area contributed by atoms with E-state index in [4.69, 9.17) is 0 Å². The molecule has 7 heteroatoms. The number of aromatic nitrogens is 1. The highest BCUT2D eigenvalue weighted by Gasteiger charge is 2.22. The predicted octanol–water partition coefficient (Wildman–Crippen LogP) is 2.92. The lowest BCUT2D eigenvalue weighted by molar-refractivity contribution is 0.566. The number of hydrogen-bond acceptors (Lipinski definition) is 5. The van der Waals surface area contributed by atoms with Gasteiger partial charge in [0.1, 0.15) is 9.90 Å². The molecule has 2 N–H and O–H groups in total. The molecule has 5 nitrogen and oxygen atoms in total. The molecule has 114 valence electrons. The van der Waals surface area contributed by atoms with Crippen LogP contribution in [0.2, 0.25) is 0 Å². The van der Waals surface area contributed by atoms with Crippen LogP contribution in [-0.4, -0.2) is 19.9 Å². The van der Waals surface area contributed by atoms with E-state index in [1.165, 1.54) is 11.3 Å². The Labute approximate surface area is 129 Å². The molecule has 2 rings (SSSR count). The lowest BCUT2D eigenvalue weighted by Crippen LogP contribution is -2.27. The van der Waals surface area contributed by atoms with Crippen LogP contribution in [0.1, 0.15) is 29.8 Å².